The maximum Gasteiger partial charge on any atom is 0.417 e. The number of carbonyl (C=O) groups excluding carboxylic acids is 1. The molecule has 2 aliphatic heterocycles. The number of methoxy groups -OCH3 is 1. The molecule has 0 radical (unpaired) electrons. The lowest BCUT2D eigenvalue weighted by atomic mass is 9.83. The minimum Gasteiger partial charge on any atom is -0.495 e. The number of nitrogens with zero attached hydrogens (tertiary/aromatic N) is 3. The van der Waals surface area contributed by atoms with E-state index in [0.717, 1.165) is 12.3 Å². The minimum absolute atomic E-state index is 0.0112. The highest BCUT2D eigenvalue weighted by atomic mass is 19.4. The maximum atomic E-state index is 15.9. The summed E-state index contributed by atoms with van der Waals surface area (Å²) >= 11 is 0. The van der Waals surface area contributed by atoms with Gasteiger partial charge in [-0.15, -0.1) is 0 Å². The number of nitriles is 1. The lowest BCUT2D eigenvalue weighted by molar-refractivity contribution is -0.137. The van der Waals surface area contributed by atoms with Crippen molar-refractivity contribution in [2.24, 2.45) is 0 Å². The molecule has 2 aliphatic rings. The molecule has 0 atom stereocenters. The predicted octanol–water partition coefficient (Wildman–Crippen LogP) is 3.89. The number of alkyl halides is 4. The average molecular weight is 478 g/mol. The number of hydrogen-bond acceptors (Lipinski definition) is 6. The van der Waals surface area contributed by atoms with Gasteiger partial charge in [0.05, 0.1) is 29.8 Å². The molecule has 0 aliphatic carbocycles. The second-order valence-electron chi connectivity index (χ2n) is 8.24. The Morgan fingerprint density at radius 3 is 2.53 bits per heavy atom. The molecule has 1 aromatic heterocycles. The van der Waals surface area contributed by atoms with Crippen molar-refractivity contribution in [2.75, 3.05) is 38.7 Å². The molecular weight excluding hydrogens is 456 g/mol. The van der Waals surface area contributed by atoms with Gasteiger partial charge in [0.25, 0.3) is 5.91 Å². The Morgan fingerprint density at radius 1 is 1.26 bits per heavy atom. The standard InChI is InChI=1S/C23H22F4N4O3/c1-33-20-14(10-28)2-4-17(22(24)6-8-34-9-7-22)19(20)21(32)31-12-16(13-31)30-18-5-3-15(11-29-18)23(25,26)27/h2-5,11,16H,6-9,12-13H2,1H3,(H,29,30). The molecule has 180 valence electrons. The highest BCUT2D eigenvalue weighted by Gasteiger charge is 2.42. The fourth-order valence-corrected chi connectivity index (χ4v) is 4.18. The van der Waals surface area contributed by atoms with Crippen LogP contribution in [0, 0.1) is 11.3 Å². The number of anilines is 1. The van der Waals surface area contributed by atoms with Crippen molar-refractivity contribution in [3.63, 3.8) is 0 Å². The number of hydrogen-bond donors (Lipinski definition) is 1. The zero-order chi connectivity index (χ0) is 24.5. The first-order valence-electron chi connectivity index (χ1n) is 10.6. The van der Waals surface area contributed by atoms with Crippen molar-refractivity contribution in [3.05, 3.63) is 52.7 Å². The minimum atomic E-state index is -4.47. The van der Waals surface area contributed by atoms with E-state index in [1.807, 2.05) is 6.07 Å². The largest absolute Gasteiger partial charge is 0.495 e. The Labute approximate surface area is 193 Å². The molecule has 3 heterocycles. The van der Waals surface area contributed by atoms with Crippen LogP contribution in [0.25, 0.3) is 0 Å². The number of pyridine rings is 1. The number of rotatable bonds is 5. The number of ether oxygens (including phenoxy) is 2. The molecule has 34 heavy (non-hydrogen) atoms. The number of aromatic nitrogens is 1. The fraction of sp³-hybridized carbons (Fsp3) is 0.435. The molecule has 0 unspecified atom stereocenters. The summed E-state index contributed by atoms with van der Waals surface area (Å²) in [4.78, 5) is 18.6. The van der Waals surface area contributed by atoms with Gasteiger partial charge in [-0.05, 0) is 18.2 Å². The van der Waals surface area contributed by atoms with Crippen LogP contribution in [0.3, 0.4) is 0 Å². The van der Waals surface area contributed by atoms with Gasteiger partial charge in [0.15, 0.2) is 0 Å². The highest BCUT2D eigenvalue weighted by Crippen LogP contribution is 2.42. The molecule has 1 N–H and O–H groups in total. The first kappa shape index (κ1) is 23.8. The van der Waals surface area contributed by atoms with Crippen molar-refractivity contribution in [1.29, 1.82) is 5.26 Å². The summed E-state index contributed by atoms with van der Waals surface area (Å²) in [5, 5.41) is 12.4. The van der Waals surface area contributed by atoms with Crippen molar-refractivity contribution in [1.82, 2.24) is 9.88 Å². The Hall–Kier alpha value is -3.39. The van der Waals surface area contributed by atoms with E-state index in [0.29, 0.717) is 0 Å². The smallest absolute Gasteiger partial charge is 0.417 e. The van der Waals surface area contributed by atoms with Gasteiger partial charge in [0.2, 0.25) is 0 Å². The van der Waals surface area contributed by atoms with Crippen LogP contribution >= 0.6 is 0 Å². The molecule has 1 amide bonds. The predicted molar refractivity (Wildman–Crippen MR) is 113 cm³/mol. The molecule has 7 nitrogen and oxygen atoms in total. The van der Waals surface area contributed by atoms with Crippen LogP contribution in [0.2, 0.25) is 0 Å². The Kier molecular flexibility index (Phi) is 6.36. The van der Waals surface area contributed by atoms with E-state index in [2.05, 4.69) is 10.3 Å². The Morgan fingerprint density at radius 2 is 1.97 bits per heavy atom. The summed E-state index contributed by atoms with van der Waals surface area (Å²) in [7, 11) is 1.32. The molecule has 2 saturated heterocycles. The molecule has 1 aromatic carbocycles. The molecule has 11 heteroatoms. The number of benzene rings is 1. The summed E-state index contributed by atoms with van der Waals surface area (Å²) in [6.07, 6.45) is -3.58. The van der Waals surface area contributed by atoms with Crippen molar-refractivity contribution < 1.29 is 31.8 Å². The van der Waals surface area contributed by atoms with Gasteiger partial charge in [-0.25, -0.2) is 9.37 Å². The van der Waals surface area contributed by atoms with Crippen molar-refractivity contribution in [2.45, 2.75) is 30.7 Å². The summed E-state index contributed by atoms with van der Waals surface area (Å²) < 4.78 is 64.6. The van der Waals surface area contributed by atoms with E-state index in [1.165, 1.54) is 30.2 Å². The summed E-state index contributed by atoms with van der Waals surface area (Å²) in [5.41, 5.74) is -2.35. The fourth-order valence-electron chi connectivity index (χ4n) is 4.18. The number of nitrogens with one attached hydrogen (secondary N) is 1. The number of likely N-dealkylation sites (tertiary alicyclic amines) is 1. The second kappa shape index (κ2) is 9.10. The van der Waals surface area contributed by atoms with Crippen LogP contribution in [0.5, 0.6) is 5.75 Å². The van der Waals surface area contributed by atoms with Crippen molar-refractivity contribution >= 4 is 11.7 Å². The Balaban J connectivity index is 1.53. The molecular formula is C23H22F4N4O3. The van der Waals surface area contributed by atoms with E-state index in [-0.39, 0.29) is 73.4 Å². The van der Waals surface area contributed by atoms with Crippen LogP contribution in [-0.4, -0.2) is 55.2 Å². The summed E-state index contributed by atoms with van der Waals surface area (Å²) in [6.45, 7) is 0.872. The normalized spacial score (nSPS) is 18.1. The van der Waals surface area contributed by atoms with Crippen molar-refractivity contribution in [3.8, 4) is 11.8 Å². The van der Waals surface area contributed by atoms with Crippen LogP contribution in [-0.2, 0) is 16.6 Å². The monoisotopic (exact) mass is 478 g/mol. The van der Waals surface area contributed by atoms with Crippen LogP contribution < -0.4 is 10.1 Å². The highest BCUT2D eigenvalue weighted by molar-refractivity contribution is 6.00. The molecule has 0 spiro atoms. The van der Waals surface area contributed by atoms with Crippen LogP contribution in [0.15, 0.2) is 30.5 Å². The van der Waals surface area contributed by atoms with E-state index < -0.39 is 23.3 Å². The maximum absolute atomic E-state index is 15.9. The third-order valence-electron chi connectivity index (χ3n) is 6.08. The summed E-state index contributed by atoms with van der Waals surface area (Å²) in [5.74, 6) is -0.208. The molecule has 0 saturated carbocycles. The van der Waals surface area contributed by atoms with Crippen LogP contribution in [0.1, 0.15) is 39.9 Å². The third-order valence-corrected chi connectivity index (χ3v) is 6.08. The summed E-state index contributed by atoms with van der Waals surface area (Å²) in [6, 6.07) is 6.78. The zero-order valence-electron chi connectivity index (χ0n) is 18.3. The van der Waals surface area contributed by atoms with Gasteiger partial charge in [0, 0.05) is 50.9 Å². The Bertz CT molecular complexity index is 1100. The van der Waals surface area contributed by atoms with Gasteiger partial charge in [-0.1, -0.05) is 6.07 Å². The number of halogens is 4. The van der Waals surface area contributed by atoms with Gasteiger partial charge in [0.1, 0.15) is 23.3 Å². The number of amides is 1. The molecule has 2 fully saturated rings. The lowest BCUT2D eigenvalue weighted by Crippen LogP contribution is -2.57. The zero-order valence-corrected chi connectivity index (χ0v) is 18.3. The topological polar surface area (TPSA) is 87.5 Å². The quantitative estimate of drug-likeness (QED) is 0.657. The van der Waals surface area contributed by atoms with Gasteiger partial charge >= 0.3 is 6.18 Å². The van der Waals surface area contributed by atoms with E-state index in [4.69, 9.17) is 9.47 Å². The van der Waals surface area contributed by atoms with E-state index >= 15 is 4.39 Å². The molecule has 2 aromatic rings. The van der Waals surface area contributed by atoms with E-state index in [1.54, 1.807) is 0 Å². The average Bonchev–Trinajstić information content (AvgIpc) is 2.79. The van der Waals surface area contributed by atoms with E-state index in [9.17, 15) is 23.2 Å². The van der Waals surface area contributed by atoms with Gasteiger partial charge < -0.3 is 19.7 Å². The first-order chi connectivity index (χ1) is 16.2. The SMILES string of the molecule is COc1c(C#N)ccc(C2(F)CCOCC2)c1C(=O)N1CC(Nc2ccc(C(F)(F)F)cn2)C1. The van der Waals surface area contributed by atoms with Crippen LogP contribution in [0.4, 0.5) is 23.4 Å². The second-order valence-corrected chi connectivity index (χ2v) is 8.24. The van der Waals surface area contributed by atoms with Gasteiger partial charge in [-0.2, -0.15) is 18.4 Å². The number of carbonyl (C=O) groups is 1. The van der Waals surface area contributed by atoms with Gasteiger partial charge in [-0.3, -0.25) is 4.79 Å². The molecule has 0 bridgehead atoms. The molecule has 4 rings (SSSR count). The third kappa shape index (κ3) is 4.50. The lowest BCUT2D eigenvalue weighted by Gasteiger charge is -2.41. The first-order valence-corrected chi connectivity index (χ1v) is 10.6.